The van der Waals surface area contributed by atoms with Gasteiger partial charge in [0.15, 0.2) is 0 Å². The quantitative estimate of drug-likeness (QED) is 0.755. The number of esters is 1. The van der Waals surface area contributed by atoms with E-state index < -0.39 is 0 Å². The van der Waals surface area contributed by atoms with E-state index in [1.54, 1.807) is 29.4 Å². The Bertz CT molecular complexity index is 464. The van der Waals surface area contributed by atoms with E-state index in [0.29, 0.717) is 12.3 Å². The number of rotatable bonds is 4. The average molecular weight is 237 g/mol. The highest BCUT2D eigenvalue weighted by molar-refractivity contribution is 7.12. The third-order valence-corrected chi connectivity index (χ3v) is 2.68. The van der Waals surface area contributed by atoms with Crippen LogP contribution in [0.5, 0.6) is 0 Å². The van der Waals surface area contributed by atoms with Gasteiger partial charge in [0.05, 0.1) is 30.4 Å². The number of nitrogens with zero attached hydrogens (tertiary/aromatic N) is 3. The lowest BCUT2D eigenvalue weighted by atomic mass is 10.3. The van der Waals surface area contributed by atoms with E-state index in [-0.39, 0.29) is 12.4 Å². The van der Waals surface area contributed by atoms with Gasteiger partial charge in [0.25, 0.3) is 0 Å². The van der Waals surface area contributed by atoms with Gasteiger partial charge in [0.1, 0.15) is 5.00 Å². The molecule has 16 heavy (non-hydrogen) atoms. The summed E-state index contributed by atoms with van der Waals surface area (Å²) in [6.07, 6.45) is 3.74. The van der Waals surface area contributed by atoms with E-state index in [1.807, 2.05) is 6.20 Å². The minimum atomic E-state index is -0.253. The molecule has 5 nitrogen and oxygen atoms in total. The lowest BCUT2D eigenvalue weighted by Gasteiger charge is -1.98. The Kier molecular flexibility index (Phi) is 3.31. The number of aromatic nitrogens is 3. The minimum absolute atomic E-state index is 0.208. The first kappa shape index (κ1) is 10.8. The molecule has 0 bridgehead atoms. The van der Waals surface area contributed by atoms with Crippen molar-refractivity contribution in [2.75, 3.05) is 6.61 Å². The zero-order valence-corrected chi connectivity index (χ0v) is 9.61. The predicted molar refractivity (Wildman–Crippen MR) is 59.6 cm³/mol. The fourth-order valence-electron chi connectivity index (χ4n) is 1.26. The largest absolute Gasteiger partial charge is 0.466 e. The van der Waals surface area contributed by atoms with Gasteiger partial charge in [-0.3, -0.25) is 9.78 Å². The van der Waals surface area contributed by atoms with Gasteiger partial charge in [0, 0.05) is 6.20 Å². The maximum absolute atomic E-state index is 11.2. The second-order valence-electron chi connectivity index (χ2n) is 3.07. The van der Waals surface area contributed by atoms with Crippen LogP contribution in [0.3, 0.4) is 0 Å². The summed E-state index contributed by atoms with van der Waals surface area (Å²) >= 11 is 1.49. The van der Waals surface area contributed by atoms with Crippen LogP contribution in [0.4, 0.5) is 0 Å². The number of ether oxygens (including phenoxy) is 1. The SMILES string of the molecule is CCOC(=O)Cc1ccn(-c2cncs2)n1. The van der Waals surface area contributed by atoms with Crippen LogP contribution in [-0.4, -0.2) is 27.3 Å². The van der Waals surface area contributed by atoms with Crippen molar-refractivity contribution in [2.24, 2.45) is 0 Å². The van der Waals surface area contributed by atoms with Crippen LogP contribution in [0.2, 0.25) is 0 Å². The molecule has 2 heterocycles. The molecule has 0 spiro atoms. The van der Waals surface area contributed by atoms with E-state index >= 15 is 0 Å². The Morgan fingerprint density at radius 1 is 1.62 bits per heavy atom. The minimum Gasteiger partial charge on any atom is -0.466 e. The number of carbonyl (C=O) groups is 1. The maximum atomic E-state index is 11.2. The molecule has 0 aliphatic rings. The van der Waals surface area contributed by atoms with Crippen molar-refractivity contribution in [1.82, 2.24) is 14.8 Å². The lowest BCUT2D eigenvalue weighted by molar-refractivity contribution is -0.142. The van der Waals surface area contributed by atoms with Gasteiger partial charge in [0.2, 0.25) is 0 Å². The molecular formula is C10H11N3O2S. The Hall–Kier alpha value is -1.69. The molecule has 0 amide bonds. The Balaban J connectivity index is 2.06. The summed E-state index contributed by atoms with van der Waals surface area (Å²) in [5.74, 6) is -0.253. The number of thiazole rings is 1. The van der Waals surface area contributed by atoms with Crippen LogP contribution >= 0.6 is 11.3 Å². The van der Waals surface area contributed by atoms with Gasteiger partial charge in [-0.25, -0.2) is 4.68 Å². The van der Waals surface area contributed by atoms with E-state index in [4.69, 9.17) is 4.74 Å². The van der Waals surface area contributed by atoms with Crippen molar-refractivity contribution in [1.29, 1.82) is 0 Å². The summed E-state index contributed by atoms with van der Waals surface area (Å²) < 4.78 is 6.55. The normalized spacial score (nSPS) is 10.3. The molecule has 0 saturated heterocycles. The summed E-state index contributed by atoms with van der Waals surface area (Å²) in [5.41, 5.74) is 2.44. The molecule has 2 aromatic rings. The molecule has 0 N–H and O–H groups in total. The fraction of sp³-hybridized carbons (Fsp3) is 0.300. The monoisotopic (exact) mass is 237 g/mol. The van der Waals surface area contributed by atoms with Crippen LogP contribution in [0.25, 0.3) is 5.00 Å². The van der Waals surface area contributed by atoms with Crippen molar-refractivity contribution in [2.45, 2.75) is 13.3 Å². The Morgan fingerprint density at radius 2 is 2.50 bits per heavy atom. The van der Waals surface area contributed by atoms with Crippen LogP contribution in [0.1, 0.15) is 12.6 Å². The average Bonchev–Trinajstić information content (AvgIpc) is 2.86. The van der Waals surface area contributed by atoms with Gasteiger partial charge in [-0.2, -0.15) is 5.10 Å². The van der Waals surface area contributed by atoms with E-state index in [0.717, 1.165) is 5.00 Å². The van der Waals surface area contributed by atoms with Gasteiger partial charge >= 0.3 is 5.97 Å². The standard InChI is InChI=1S/C10H11N3O2S/c1-2-15-10(14)5-8-3-4-13(12-8)9-6-11-7-16-9/h3-4,6-7H,2,5H2,1H3. The van der Waals surface area contributed by atoms with Crippen molar-refractivity contribution in [3.8, 4) is 5.00 Å². The van der Waals surface area contributed by atoms with Crippen molar-refractivity contribution in [3.05, 3.63) is 29.7 Å². The summed E-state index contributed by atoms with van der Waals surface area (Å²) in [5, 5.41) is 5.19. The highest BCUT2D eigenvalue weighted by atomic mass is 32.1. The molecule has 0 aromatic carbocycles. The second kappa shape index (κ2) is 4.89. The van der Waals surface area contributed by atoms with Crippen LogP contribution < -0.4 is 0 Å². The zero-order valence-electron chi connectivity index (χ0n) is 8.79. The molecule has 6 heteroatoms. The molecule has 0 radical (unpaired) electrons. The smallest absolute Gasteiger partial charge is 0.311 e. The first-order valence-electron chi connectivity index (χ1n) is 4.88. The van der Waals surface area contributed by atoms with Gasteiger partial charge < -0.3 is 4.74 Å². The molecule has 0 unspecified atom stereocenters. The summed E-state index contributed by atoms with van der Waals surface area (Å²) in [4.78, 5) is 15.2. The Labute approximate surface area is 96.7 Å². The van der Waals surface area contributed by atoms with E-state index in [9.17, 15) is 4.79 Å². The molecule has 0 atom stereocenters. The summed E-state index contributed by atoms with van der Waals surface area (Å²) in [7, 11) is 0. The van der Waals surface area contributed by atoms with E-state index in [2.05, 4.69) is 10.1 Å². The number of hydrogen-bond acceptors (Lipinski definition) is 5. The molecular weight excluding hydrogens is 226 g/mol. The molecule has 0 saturated carbocycles. The van der Waals surface area contributed by atoms with Crippen molar-refractivity contribution in [3.63, 3.8) is 0 Å². The molecule has 2 rings (SSSR count). The molecule has 2 aromatic heterocycles. The molecule has 0 aliphatic heterocycles. The fourth-order valence-corrected chi connectivity index (χ4v) is 1.82. The first-order chi connectivity index (χ1) is 7.79. The van der Waals surface area contributed by atoms with Crippen LogP contribution in [0, 0.1) is 0 Å². The van der Waals surface area contributed by atoms with Gasteiger partial charge in [-0.15, -0.1) is 11.3 Å². The summed E-state index contributed by atoms with van der Waals surface area (Å²) in [6, 6.07) is 1.80. The number of hydrogen-bond donors (Lipinski definition) is 0. The highest BCUT2D eigenvalue weighted by Gasteiger charge is 2.08. The van der Waals surface area contributed by atoms with Crippen molar-refractivity contribution < 1.29 is 9.53 Å². The lowest BCUT2D eigenvalue weighted by Crippen LogP contribution is -2.08. The Morgan fingerprint density at radius 3 is 3.19 bits per heavy atom. The second-order valence-corrected chi connectivity index (χ2v) is 3.94. The third-order valence-electron chi connectivity index (χ3n) is 1.92. The van der Waals surface area contributed by atoms with Crippen LogP contribution in [0.15, 0.2) is 24.0 Å². The van der Waals surface area contributed by atoms with Crippen LogP contribution in [-0.2, 0) is 16.0 Å². The third kappa shape index (κ3) is 2.46. The highest BCUT2D eigenvalue weighted by Crippen LogP contribution is 2.12. The zero-order chi connectivity index (χ0) is 11.4. The van der Waals surface area contributed by atoms with Gasteiger partial charge in [-0.05, 0) is 13.0 Å². The predicted octanol–water partition coefficient (Wildman–Crippen LogP) is 1.43. The molecule has 84 valence electrons. The van der Waals surface area contributed by atoms with E-state index in [1.165, 1.54) is 11.3 Å². The van der Waals surface area contributed by atoms with Crippen molar-refractivity contribution >= 4 is 17.3 Å². The first-order valence-corrected chi connectivity index (χ1v) is 5.76. The summed E-state index contributed by atoms with van der Waals surface area (Å²) in [6.45, 7) is 2.18. The molecule has 0 fully saturated rings. The topological polar surface area (TPSA) is 57.0 Å². The molecule has 0 aliphatic carbocycles. The maximum Gasteiger partial charge on any atom is 0.311 e. The number of carbonyl (C=O) groups excluding carboxylic acids is 1. The van der Waals surface area contributed by atoms with Gasteiger partial charge in [-0.1, -0.05) is 0 Å².